The van der Waals surface area contributed by atoms with Gasteiger partial charge in [0.15, 0.2) is 0 Å². The second kappa shape index (κ2) is 4.83. The molecule has 1 heterocycles. The van der Waals surface area contributed by atoms with E-state index in [1.807, 2.05) is 18.5 Å². The minimum atomic E-state index is 0.744. The molecule has 0 amide bonds. The van der Waals surface area contributed by atoms with Gasteiger partial charge < -0.3 is 0 Å². The van der Waals surface area contributed by atoms with Crippen LogP contribution in [0.1, 0.15) is 22.5 Å². The van der Waals surface area contributed by atoms with Crippen LogP contribution >= 0.6 is 27.5 Å². The number of hydrogen-bond donors (Lipinski definition) is 0. The monoisotopic (exact) mass is 312 g/mol. The summed E-state index contributed by atoms with van der Waals surface area (Å²) in [4.78, 5) is 0. The number of rotatable bonds is 2. The van der Waals surface area contributed by atoms with Crippen molar-refractivity contribution in [2.24, 2.45) is 0 Å². The molecule has 1 aromatic carbocycles. The van der Waals surface area contributed by atoms with Crippen LogP contribution in [0.15, 0.2) is 18.2 Å². The summed E-state index contributed by atoms with van der Waals surface area (Å²) in [6.45, 7) is 6.00. The zero-order chi connectivity index (χ0) is 12.6. The molecule has 0 N–H and O–H groups in total. The topological polar surface area (TPSA) is 17.8 Å². The summed E-state index contributed by atoms with van der Waals surface area (Å²) in [5.41, 5.74) is 5.40. The summed E-state index contributed by atoms with van der Waals surface area (Å²) in [6.07, 6.45) is 0. The SMILES string of the molecule is Cc1cc(CBr)ccc1-n1nc(C)c(Cl)c1C. The number of alkyl halides is 1. The van der Waals surface area contributed by atoms with Gasteiger partial charge in [0.05, 0.1) is 22.1 Å². The molecule has 1 aromatic heterocycles. The third-order valence-electron chi connectivity index (χ3n) is 2.85. The Morgan fingerprint density at radius 2 is 2.00 bits per heavy atom. The number of benzene rings is 1. The van der Waals surface area contributed by atoms with Gasteiger partial charge in [-0.15, -0.1) is 0 Å². The largest absolute Gasteiger partial charge is 0.236 e. The zero-order valence-corrected chi connectivity index (χ0v) is 12.4. The molecule has 0 atom stereocenters. The predicted octanol–water partition coefficient (Wildman–Crippen LogP) is 4.35. The van der Waals surface area contributed by atoms with Crippen molar-refractivity contribution in [1.29, 1.82) is 0 Å². The average Bonchev–Trinajstić information content (AvgIpc) is 2.57. The Morgan fingerprint density at radius 3 is 2.47 bits per heavy atom. The molecule has 2 rings (SSSR count). The Kier molecular flexibility index (Phi) is 3.59. The molecule has 0 spiro atoms. The lowest BCUT2D eigenvalue weighted by Gasteiger charge is -2.09. The molecule has 2 nitrogen and oxygen atoms in total. The van der Waals surface area contributed by atoms with Crippen LogP contribution in [0.4, 0.5) is 0 Å². The fourth-order valence-electron chi connectivity index (χ4n) is 1.90. The van der Waals surface area contributed by atoms with Crippen molar-refractivity contribution in [2.75, 3.05) is 0 Å². The predicted molar refractivity (Wildman–Crippen MR) is 75.4 cm³/mol. The van der Waals surface area contributed by atoms with Gasteiger partial charge in [-0.05, 0) is 38.0 Å². The van der Waals surface area contributed by atoms with E-state index in [9.17, 15) is 0 Å². The average molecular weight is 314 g/mol. The van der Waals surface area contributed by atoms with Gasteiger partial charge in [-0.1, -0.05) is 39.7 Å². The summed E-state index contributed by atoms with van der Waals surface area (Å²) in [5.74, 6) is 0. The maximum atomic E-state index is 6.17. The molecule has 0 bridgehead atoms. The van der Waals surface area contributed by atoms with E-state index in [-0.39, 0.29) is 0 Å². The van der Waals surface area contributed by atoms with Crippen LogP contribution in [0, 0.1) is 20.8 Å². The van der Waals surface area contributed by atoms with E-state index in [1.54, 1.807) is 0 Å². The van der Waals surface area contributed by atoms with E-state index in [1.165, 1.54) is 11.1 Å². The van der Waals surface area contributed by atoms with Crippen LogP contribution in [0.2, 0.25) is 5.02 Å². The van der Waals surface area contributed by atoms with Crippen molar-refractivity contribution >= 4 is 27.5 Å². The maximum absolute atomic E-state index is 6.17. The van der Waals surface area contributed by atoms with Crippen molar-refractivity contribution in [2.45, 2.75) is 26.1 Å². The van der Waals surface area contributed by atoms with E-state index >= 15 is 0 Å². The fraction of sp³-hybridized carbons (Fsp3) is 0.308. The number of hydrogen-bond acceptors (Lipinski definition) is 1. The van der Waals surface area contributed by atoms with Gasteiger partial charge in [-0.3, -0.25) is 0 Å². The van der Waals surface area contributed by atoms with Crippen molar-refractivity contribution in [3.8, 4) is 5.69 Å². The van der Waals surface area contributed by atoms with Crippen molar-refractivity contribution in [3.63, 3.8) is 0 Å². The highest BCUT2D eigenvalue weighted by molar-refractivity contribution is 9.08. The zero-order valence-electron chi connectivity index (χ0n) is 10.1. The summed E-state index contributed by atoms with van der Waals surface area (Å²) in [6, 6.07) is 6.34. The minimum Gasteiger partial charge on any atom is -0.236 e. The first kappa shape index (κ1) is 12.7. The third kappa shape index (κ3) is 2.26. The van der Waals surface area contributed by atoms with Gasteiger partial charge in [0.1, 0.15) is 0 Å². The summed E-state index contributed by atoms with van der Waals surface area (Å²) in [5, 5.41) is 6.08. The third-order valence-corrected chi connectivity index (χ3v) is 4.04. The molecule has 90 valence electrons. The highest BCUT2D eigenvalue weighted by atomic mass is 79.9. The first-order chi connectivity index (χ1) is 8.04. The molecule has 17 heavy (non-hydrogen) atoms. The lowest BCUT2D eigenvalue weighted by atomic mass is 10.1. The number of halogens is 2. The minimum absolute atomic E-state index is 0.744. The van der Waals surface area contributed by atoms with E-state index < -0.39 is 0 Å². The van der Waals surface area contributed by atoms with Gasteiger partial charge in [0.2, 0.25) is 0 Å². The lowest BCUT2D eigenvalue weighted by molar-refractivity contribution is 0.827. The second-order valence-corrected chi connectivity index (χ2v) is 5.09. The summed E-state index contributed by atoms with van der Waals surface area (Å²) < 4.78 is 1.91. The van der Waals surface area contributed by atoms with E-state index in [0.717, 1.165) is 27.4 Å². The van der Waals surface area contributed by atoms with Gasteiger partial charge in [0, 0.05) is 5.33 Å². The van der Waals surface area contributed by atoms with E-state index in [2.05, 4.69) is 46.2 Å². The summed E-state index contributed by atoms with van der Waals surface area (Å²) in [7, 11) is 0. The first-order valence-electron chi connectivity index (χ1n) is 5.42. The van der Waals surface area contributed by atoms with Gasteiger partial charge in [-0.2, -0.15) is 5.10 Å². The molecule has 4 heteroatoms. The molecule has 0 radical (unpaired) electrons. The number of aryl methyl sites for hydroxylation is 2. The van der Waals surface area contributed by atoms with Crippen LogP contribution < -0.4 is 0 Å². The molecule has 2 aromatic rings. The van der Waals surface area contributed by atoms with Crippen LogP contribution in [0.5, 0.6) is 0 Å². The molecule has 0 aliphatic rings. The fourth-order valence-corrected chi connectivity index (χ4v) is 2.36. The molecule has 0 fully saturated rings. The Bertz CT molecular complexity index is 561. The molecule has 0 saturated heterocycles. The van der Waals surface area contributed by atoms with Crippen LogP contribution in [-0.4, -0.2) is 9.78 Å². The molecular formula is C13H14BrClN2. The van der Waals surface area contributed by atoms with Gasteiger partial charge >= 0.3 is 0 Å². The smallest absolute Gasteiger partial charge is 0.0848 e. The maximum Gasteiger partial charge on any atom is 0.0848 e. The highest BCUT2D eigenvalue weighted by Crippen LogP contribution is 2.24. The molecule has 0 aliphatic carbocycles. The quantitative estimate of drug-likeness (QED) is 0.754. The van der Waals surface area contributed by atoms with E-state index in [0.29, 0.717) is 0 Å². The van der Waals surface area contributed by atoms with Crippen LogP contribution in [0.25, 0.3) is 5.69 Å². The Balaban J connectivity index is 2.57. The molecule has 0 saturated carbocycles. The van der Waals surface area contributed by atoms with Crippen molar-refractivity contribution in [1.82, 2.24) is 9.78 Å². The van der Waals surface area contributed by atoms with Gasteiger partial charge in [-0.25, -0.2) is 4.68 Å². The molecule has 0 unspecified atom stereocenters. The number of aromatic nitrogens is 2. The van der Waals surface area contributed by atoms with Crippen molar-refractivity contribution in [3.05, 3.63) is 45.7 Å². The lowest BCUT2D eigenvalue weighted by Crippen LogP contribution is -2.02. The van der Waals surface area contributed by atoms with E-state index in [4.69, 9.17) is 11.6 Å². The number of nitrogens with zero attached hydrogens (tertiary/aromatic N) is 2. The molecule has 0 aliphatic heterocycles. The summed E-state index contributed by atoms with van der Waals surface area (Å²) >= 11 is 9.63. The van der Waals surface area contributed by atoms with Crippen LogP contribution in [0.3, 0.4) is 0 Å². The standard InChI is InChI=1S/C13H14BrClN2/c1-8-6-11(7-14)4-5-12(8)17-10(3)13(15)9(2)16-17/h4-6H,7H2,1-3H3. The van der Waals surface area contributed by atoms with Crippen molar-refractivity contribution < 1.29 is 0 Å². The highest BCUT2D eigenvalue weighted by Gasteiger charge is 2.12. The Morgan fingerprint density at radius 1 is 1.29 bits per heavy atom. The Labute approximate surface area is 115 Å². The first-order valence-corrected chi connectivity index (χ1v) is 6.92. The second-order valence-electron chi connectivity index (χ2n) is 4.15. The molecular weight excluding hydrogens is 300 g/mol. The van der Waals surface area contributed by atoms with Gasteiger partial charge in [0.25, 0.3) is 0 Å². The van der Waals surface area contributed by atoms with Crippen LogP contribution in [-0.2, 0) is 5.33 Å². The normalized spacial score (nSPS) is 10.9. The Hall–Kier alpha value is -0.800.